The maximum atomic E-state index is 5.22. The van der Waals surface area contributed by atoms with Crippen LogP contribution in [0.3, 0.4) is 0 Å². The van der Waals surface area contributed by atoms with Crippen molar-refractivity contribution >= 4 is 6.34 Å². The summed E-state index contributed by atoms with van der Waals surface area (Å²) in [5.41, 5.74) is 6.47. The summed E-state index contributed by atoms with van der Waals surface area (Å²) in [7, 11) is 0. The molecule has 0 heterocycles. The van der Waals surface area contributed by atoms with Gasteiger partial charge in [-0.15, -0.1) is 5.92 Å². The van der Waals surface area contributed by atoms with E-state index in [4.69, 9.17) is 5.73 Å². The van der Waals surface area contributed by atoms with Gasteiger partial charge in [-0.25, -0.2) is 4.99 Å². The summed E-state index contributed by atoms with van der Waals surface area (Å²) >= 11 is 0. The largest absolute Gasteiger partial charge is 0.390 e. The highest BCUT2D eigenvalue weighted by atomic mass is 14.8. The highest BCUT2D eigenvalue weighted by Crippen LogP contribution is 2.43. The fraction of sp³-hybridized carbons (Fsp3) is 0.643. The first-order chi connectivity index (χ1) is 7.44. The van der Waals surface area contributed by atoms with Gasteiger partial charge < -0.3 is 5.73 Å². The normalized spacial score (nSPS) is 23.9. The fourth-order valence-electron chi connectivity index (χ4n) is 1.56. The molecule has 2 N–H and O–H groups in total. The number of hydrogen-bond donors (Lipinski definition) is 1. The van der Waals surface area contributed by atoms with Crippen molar-refractivity contribution in [2.45, 2.75) is 40.0 Å². The molecule has 0 saturated heterocycles. The van der Waals surface area contributed by atoms with Gasteiger partial charge >= 0.3 is 0 Å². The fourth-order valence-corrected chi connectivity index (χ4v) is 1.56. The van der Waals surface area contributed by atoms with Crippen LogP contribution in [0.2, 0.25) is 0 Å². The third-order valence-corrected chi connectivity index (χ3v) is 2.75. The summed E-state index contributed by atoms with van der Waals surface area (Å²) in [6, 6.07) is 0. The van der Waals surface area contributed by atoms with Gasteiger partial charge in [0.25, 0.3) is 0 Å². The molecule has 88 valence electrons. The molecule has 2 nitrogen and oxygen atoms in total. The number of aliphatic imine (C=N–C) groups is 1. The van der Waals surface area contributed by atoms with E-state index in [1.165, 1.54) is 6.34 Å². The van der Waals surface area contributed by atoms with Crippen LogP contribution in [0.15, 0.2) is 17.3 Å². The summed E-state index contributed by atoms with van der Waals surface area (Å²) in [6.45, 7) is 10.6. The van der Waals surface area contributed by atoms with Gasteiger partial charge in [0.05, 0.1) is 6.34 Å². The van der Waals surface area contributed by atoms with E-state index >= 15 is 0 Å². The molecule has 1 aliphatic rings. The lowest BCUT2D eigenvalue weighted by atomic mass is 9.91. The molecule has 2 atom stereocenters. The van der Waals surface area contributed by atoms with Crippen LogP contribution >= 0.6 is 0 Å². The Bertz CT molecular complexity index is 336. The van der Waals surface area contributed by atoms with E-state index in [1.807, 2.05) is 0 Å². The van der Waals surface area contributed by atoms with Crippen LogP contribution in [0, 0.1) is 29.1 Å². The van der Waals surface area contributed by atoms with Crippen molar-refractivity contribution in [1.29, 1.82) is 0 Å². The minimum atomic E-state index is 0.380. The number of nitrogens with zero attached hydrogens (tertiary/aromatic N) is 1. The van der Waals surface area contributed by atoms with Crippen LogP contribution < -0.4 is 5.73 Å². The topological polar surface area (TPSA) is 38.4 Å². The molecule has 2 heteroatoms. The van der Waals surface area contributed by atoms with E-state index in [1.54, 1.807) is 0 Å². The van der Waals surface area contributed by atoms with Gasteiger partial charge in [0.15, 0.2) is 0 Å². The Morgan fingerprint density at radius 2 is 2.25 bits per heavy atom. The summed E-state index contributed by atoms with van der Waals surface area (Å²) < 4.78 is 0. The van der Waals surface area contributed by atoms with Crippen molar-refractivity contribution in [3.63, 3.8) is 0 Å². The highest BCUT2D eigenvalue weighted by Gasteiger charge is 2.37. The van der Waals surface area contributed by atoms with Crippen LogP contribution in [-0.4, -0.2) is 6.34 Å². The maximum Gasteiger partial charge on any atom is 0.0856 e. The van der Waals surface area contributed by atoms with Crippen molar-refractivity contribution in [3.05, 3.63) is 12.3 Å². The summed E-state index contributed by atoms with van der Waals surface area (Å²) in [5, 5.41) is 0. The van der Waals surface area contributed by atoms with Crippen LogP contribution in [0.4, 0.5) is 0 Å². The van der Waals surface area contributed by atoms with Gasteiger partial charge in [-0.3, -0.25) is 0 Å². The monoisotopic (exact) mass is 218 g/mol. The molecule has 0 radical (unpaired) electrons. The van der Waals surface area contributed by atoms with Crippen molar-refractivity contribution < 1.29 is 0 Å². The zero-order valence-corrected chi connectivity index (χ0v) is 10.6. The van der Waals surface area contributed by atoms with E-state index in [2.05, 4.69) is 44.2 Å². The molecule has 1 aliphatic carbocycles. The quantitative estimate of drug-likeness (QED) is 0.441. The molecule has 0 amide bonds. The smallest absolute Gasteiger partial charge is 0.0856 e. The molecule has 1 fully saturated rings. The predicted molar refractivity (Wildman–Crippen MR) is 69.9 cm³/mol. The van der Waals surface area contributed by atoms with E-state index in [-0.39, 0.29) is 0 Å². The first-order valence-electron chi connectivity index (χ1n) is 5.85. The third-order valence-electron chi connectivity index (χ3n) is 2.75. The molecule has 0 aromatic carbocycles. The average molecular weight is 218 g/mol. The maximum absolute atomic E-state index is 5.22. The minimum Gasteiger partial charge on any atom is -0.390 e. The lowest BCUT2D eigenvalue weighted by molar-refractivity contribution is 0.384. The van der Waals surface area contributed by atoms with Crippen LogP contribution in [0.25, 0.3) is 0 Å². The second-order valence-corrected chi connectivity index (χ2v) is 5.60. The standard InChI is InChI=1S/C14H22N2/c1-11(16-10-15)13-9-12(13)7-5-6-8-14(2,3)4/h10,12-13H,1,6,8-9H2,2-4H3,(H2,15,16)/t12-,13+/m1/s1. The van der Waals surface area contributed by atoms with Gasteiger partial charge in [0.2, 0.25) is 0 Å². The van der Waals surface area contributed by atoms with Gasteiger partial charge in [0, 0.05) is 24.0 Å². The van der Waals surface area contributed by atoms with E-state index in [0.717, 1.165) is 25.0 Å². The molecule has 1 rings (SSSR count). The second kappa shape index (κ2) is 5.21. The Kier molecular flexibility index (Phi) is 4.18. The number of hydrogen-bond acceptors (Lipinski definition) is 1. The third kappa shape index (κ3) is 4.53. The van der Waals surface area contributed by atoms with Crippen molar-refractivity contribution in [2.75, 3.05) is 0 Å². The van der Waals surface area contributed by atoms with Crippen molar-refractivity contribution in [2.24, 2.45) is 28.0 Å². The molecular formula is C14H22N2. The van der Waals surface area contributed by atoms with E-state index in [9.17, 15) is 0 Å². The zero-order chi connectivity index (χ0) is 12.2. The molecule has 0 spiro atoms. The molecule has 0 bridgehead atoms. The van der Waals surface area contributed by atoms with E-state index < -0.39 is 0 Å². The Balaban J connectivity index is 2.27. The molecule has 1 saturated carbocycles. The summed E-state index contributed by atoms with van der Waals surface area (Å²) in [4.78, 5) is 3.99. The summed E-state index contributed by atoms with van der Waals surface area (Å²) in [5.74, 6) is 7.46. The minimum absolute atomic E-state index is 0.380. The number of allylic oxidation sites excluding steroid dienone is 1. The Morgan fingerprint density at radius 1 is 1.56 bits per heavy atom. The highest BCUT2D eigenvalue weighted by molar-refractivity contribution is 5.53. The molecule has 0 aliphatic heterocycles. The van der Waals surface area contributed by atoms with Gasteiger partial charge in [-0.2, -0.15) is 0 Å². The predicted octanol–water partition coefficient (Wildman–Crippen LogP) is 2.95. The first kappa shape index (κ1) is 12.8. The van der Waals surface area contributed by atoms with Crippen LogP contribution in [0.1, 0.15) is 40.0 Å². The molecule has 16 heavy (non-hydrogen) atoms. The molecule has 0 aromatic heterocycles. The lowest BCUT2D eigenvalue weighted by Gasteiger charge is -2.15. The van der Waals surface area contributed by atoms with Gasteiger partial charge in [-0.05, 0) is 18.3 Å². The summed E-state index contributed by atoms with van der Waals surface area (Å²) in [6.07, 6.45) is 4.54. The van der Waals surface area contributed by atoms with Crippen LogP contribution in [0.5, 0.6) is 0 Å². The Morgan fingerprint density at radius 3 is 2.81 bits per heavy atom. The van der Waals surface area contributed by atoms with Crippen molar-refractivity contribution in [3.8, 4) is 11.8 Å². The van der Waals surface area contributed by atoms with Crippen molar-refractivity contribution in [1.82, 2.24) is 0 Å². The average Bonchev–Trinajstić information content (AvgIpc) is 2.91. The Labute approximate surface area is 99.0 Å². The lowest BCUT2D eigenvalue weighted by Crippen LogP contribution is -2.03. The van der Waals surface area contributed by atoms with E-state index in [0.29, 0.717) is 17.3 Å². The molecular weight excluding hydrogens is 196 g/mol. The number of rotatable bonds is 3. The van der Waals surface area contributed by atoms with Crippen LogP contribution in [-0.2, 0) is 0 Å². The van der Waals surface area contributed by atoms with Gasteiger partial charge in [0.1, 0.15) is 0 Å². The number of nitrogens with two attached hydrogens (primary N) is 1. The molecule has 0 unspecified atom stereocenters. The Hall–Kier alpha value is -1.23. The SMILES string of the molecule is C=C(N=CN)[C@@H]1C[C@H]1C#CCCC(C)(C)C. The van der Waals surface area contributed by atoms with Gasteiger partial charge in [-0.1, -0.05) is 33.3 Å². The zero-order valence-electron chi connectivity index (χ0n) is 10.6. The molecule has 0 aromatic rings. The first-order valence-corrected chi connectivity index (χ1v) is 5.85. The second-order valence-electron chi connectivity index (χ2n) is 5.60.